The number of oxime groups is 1. The van der Waals surface area contributed by atoms with Crippen molar-refractivity contribution in [2.75, 3.05) is 5.32 Å². The maximum atomic E-state index is 13.8. The molecule has 2 heterocycles. The highest BCUT2D eigenvalue weighted by Crippen LogP contribution is 2.27. The third-order valence-corrected chi connectivity index (χ3v) is 4.99. The van der Waals surface area contributed by atoms with Gasteiger partial charge in [-0.25, -0.2) is 13.8 Å². The van der Waals surface area contributed by atoms with E-state index in [1.807, 2.05) is 6.92 Å². The molecule has 1 N–H and O–H groups in total. The van der Waals surface area contributed by atoms with Gasteiger partial charge in [0.05, 0.1) is 18.1 Å². The van der Waals surface area contributed by atoms with E-state index in [0.717, 1.165) is 23.3 Å². The van der Waals surface area contributed by atoms with Crippen LogP contribution in [0, 0.1) is 18.6 Å². The lowest BCUT2D eigenvalue weighted by Crippen LogP contribution is -2.33. The molecule has 7 nitrogen and oxygen atoms in total. The molecule has 0 aliphatic carbocycles. The van der Waals surface area contributed by atoms with E-state index in [2.05, 4.69) is 20.4 Å². The highest BCUT2D eigenvalue weighted by atomic mass is 19.1. The van der Waals surface area contributed by atoms with Gasteiger partial charge in [-0.3, -0.25) is 14.6 Å². The monoisotopic (exact) mass is 436 g/mol. The molecular formula is C23H18F2N4O3. The van der Waals surface area contributed by atoms with Crippen LogP contribution in [0.5, 0.6) is 0 Å². The molecule has 0 fully saturated rings. The number of rotatable bonds is 4. The Morgan fingerprint density at radius 2 is 1.78 bits per heavy atom. The number of ketones is 1. The van der Waals surface area contributed by atoms with Crippen LogP contribution >= 0.6 is 0 Å². The molecule has 9 heteroatoms. The summed E-state index contributed by atoms with van der Waals surface area (Å²) in [4.78, 5) is 38.2. The minimum Gasteiger partial charge on any atom is -0.381 e. The summed E-state index contributed by atoms with van der Waals surface area (Å²) < 4.78 is 27.5. The number of amides is 1. The fraction of sp³-hybridized carbons (Fsp3) is 0.174. The van der Waals surface area contributed by atoms with E-state index in [9.17, 15) is 18.4 Å². The summed E-state index contributed by atoms with van der Waals surface area (Å²) in [6.45, 7) is 5.16. The summed E-state index contributed by atoms with van der Waals surface area (Å²) >= 11 is 0. The molecule has 2 aromatic carbocycles. The van der Waals surface area contributed by atoms with Crippen molar-refractivity contribution in [3.63, 3.8) is 0 Å². The van der Waals surface area contributed by atoms with E-state index in [4.69, 9.17) is 4.84 Å². The zero-order valence-corrected chi connectivity index (χ0v) is 17.4. The Labute approximate surface area is 182 Å². The first-order valence-corrected chi connectivity index (χ1v) is 9.67. The van der Waals surface area contributed by atoms with Crippen molar-refractivity contribution in [1.82, 2.24) is 9.97 Å². The van der Waals surface area contributed by atoms with Gasteiger partial charge in [-0.15, -0.1) is 0 Å². The normalized spacial score (nSPS) is 14.7. The lowest BCUT2D eigenvalue weighted by Gasteiger charge is -2.12. The first-order chi connectivity index (χ1) is 15.2. The van der Waals surface area contributed by atoms with Crippen LogP contribution in [0.15, 0.2) is 53.9 Å². The number of benzene rings is 2. The second-order valence-electron chi connectivity index (χ2n) is 7.74. The predicted molar refractivity (Wildman–Crippen MR) is 113 cm³/mol. The Bertz CT molecular complexity index is 1250. The maximum absolute atomic E-state index is 13.8. The summed E-state index contributed by atoms with van der Waals surface area (Å²) in [7, 11) is 0. The van der Waals surface area contributed by atoms with Crippen molar-refractivity contribution in [3.8, 4) is 11.3 Å². The van der Waals surface area contributed by atoms with E-state index in [0.29, 0.717) is 11.3 Å². The standard InChI is InChI=1S/C23H18F2N4O3/c1-12-9-13(20-21(30)23(2,3)32-29-20)7-8-14(12)17-10-27-18(11-26-17)28-22(31)19-15(24)5-4-6-16(19)25/h4-11H,1-3H3,(H,27,28,31). The number of nitrogens with zero attached hydrogens (tertiary/aromatic N) is 3. The number of Topliss-reactive ketones (excluding diaryl/α,β-unsaturated/α-hetero) is 1. The molecule has 162 valence electrons. The Hall–Kier alpha value is -4.01. The first kappa shape index (κ1) is 21.2. The van der Waals surface area contributed by atoms with E-state index in [1.165, 1.54) is 18.5 Å². The number of nitrogens with one attached hydrogen (secondary N) is 1. The zero-order chi connectivity index (χ0) is 23.0. The molecule has 3 aromatic rings. The number of carbonyl (C=O) groups is 2. The third-order valence-electron chi connectivity index (χ3n) is 4.99. The van der Waals surface area contributed by atoms with Gasteiger partial charge in [0.1, 0.15) is 17.2 Å². The minimum absolute atomic E-state index is 0.0426. The number of aromatic nitrogens is 2. The van der Waals surface area contributed by atoms with Crippen molar-refractivity contribution < 1.29 is 23.2 Å². The summed E-state index contributed by atoms with van der Waals surface area (Å²) in [5.41, 5.74) is 1.30. The molecule has 1 aromatic heterocycles. The molecule has 0 unspecified atom stereocenters. The number of carbonyl (C=O) groups excluding carboxylic acids is 2. The highest BCUT2D eigenvalue weighted by molar-refractivity contribution is 6.49. The van der Waals surface area contributed by atoms with Crippen LogP contribution in [0.25, 0.3) is 11.3 Å². The van der Waals surface area contributed by atoms with Gasteiger partial charge in [0.2, 0.25) is 5.78 Å². The topological polar surface area (TPSA) is 93.5 Å². The quantitative estimate of drug-likeness (QED) is 0.666. The molecule has 32 heavy (non-hydrogen) atoms. The number of hydrogen-bond acceptors (Lipinski definition) is 6. The van der Waals surface area contributed by atoms with Crippen LogP contribution in [0.2, 0.25) is 0 Å². The molecule has 0 saturated carbocycles. The van der Waals surface area contributed by atoms with Crippen molar-refractivity contribution >= 4 is 23.2 Å². The number of halogens is 2. The Kier molecular flexibility index (Phi) is 5.25. The zero-order valence-electron chi connectivity index (χ0n) is 17.4. The van der Waals surface area contributed by atoms with Crippen molar-refractivity contribution in [2.24, 2.45) is 5.16 Å². The Morgan fingerprint density at radius 3 is 2.34 bits per heavy atom. The van der Waals surface area contributed by atoms with Crippen molar-refractivity contribution in [3.05, 3.63) is 77.1 Å². The van der Waals surface area contributed by atoms with Gasteiger partial charge in [0.15, 0.2) is 17.1 Å². The van der Waals surface area contributed by atoms with Crippen molar-refractivity contribution in [1.29, 1.82) is 0 Å². The maximum Gasteiger partial charge on any atom is 0.262 e. The van der Waals surface area contributed by atoms with Gasteiger partial charge in [-0.1, -0.05) is 23.4 Å². The van der Waals surface area contributed by atoms with Crippen LogP contribution in [0.1, 0.15) is 35.3 Å². The van der Waals surface area contributed by atoms with Crippen molar-refractivity contribution in [2.45, 2.75) is 26.4 Å². The highest BCUT2D eigenvalue weighted by Gasteiger charge is 2.40. The van der Waals surface area contributed by atoms with E-state index in [-0.39, 0.29) is 17.3 Å². The largest absolute Gasteiger partial charge is 0.381 e. The number of aryl methyl sites for hydroxylation is 1. The molecule has 0 radical (unpaired) electrons. The molecule has 0 bridgehead atoms. The van der Waals surface area contributed by atoms with E-state index >= 15 is 0 Å². The van der Waals surface area contributed by atoms with Crippen LogP contribution in [-0.2, 0) is 9.63 Å². The molecule has 1 aliphatic heterocycles. The summed E-state index contributed by atoms with van der Waals surface area (Å²) in [5, 5.41) is 6.24. The molecular weight excluding hydrogens is 418 g/mol. The third kappa shape index (κ3) is 3.84. The molecule has 0 saturated heterocycles. The predicted octanol–water partition coefficient (Wildman–Crippen LogP) is 4.06. The average Bonchev–Trinajstić information content (AvgIpc) is 3.01. The van der Waals surface area contributed by atoms with E-state index < -0.39 is 28.7 Å². The molecule has 1 aliphatic rings. The first-order valence-electron chi connectivity index (χ1n) is 9.67. The molecule has 0 atom stereocenters. The SMILES string of the molecule is Cc1cc(C2=NOC(C)(C)C2=O)ccc1-c1cnc(NC(=O)c2c(F)cccc2F)cn1. The fourth-order valence-corrected chi connectivity index (χ4v) is 3.24. The minimum atomic E-state index is -0.987. The Morgan fingerprint density at radius 1 is 1.06 bits per heavy atom. The van der Waals surface area contributed by atoms with Crippen LogP contribution in [0.4, 0.5) is 14.6 Å². The molecule has 0 spiro atoms. The second-order valence-corrected chi connectivity index (χ2v) is 7.74. The Balaban J connectivity index is 1.53. The number of hydrogen-bond donors (Lipinski definition) is 1. The number of anilines is 1. The lowest BCUT2D eigenvalue weighted by molar-refractivity contribution is -0.128. The molecule has 4 rings (SSSR count). The lowest BCUT2D eigenvalue weighted by atomic mass is 9.93. The van der Waals surface area contributed by atoms with Crippen LogP contribution in [-0.4, -0.2) is 33.0 Å². The fourth-order valence-electron chi connectivity index (χ4n) is 3.24. The van der Waals surface area contributed by atoms with Gasteiger partial charge in [0, 0.05) is 11.1 Å². The second kappa shape index (κ2) is 7.92. The van der Waals surface area contributed by atoms with Gasteiger partial charge >= 0.3 is 0 Å². The average molecular weight is 436 g/mol. The summed E-state index contributed by atoms with van der Waals surface area (Å²) in [6.07, 6.45) is 2.72. The van der Waals surface area contributed by atoms with Gasteiger partial charge in [-0.2, -0.15) is 0 Å². The summed E-state index contributed by atoms with van der Waals surface area (Å²) in [6, 6.07) is 8.49. The van der Waals surface area contributed by atoms with E-state index in [1.54, 1.807) is 32.0 Å². The smallest absolute Gasteiger partial charge is 0.262 e. The van der Waals surface area contributed by atoms with Gasteiger partial charge in [0.25, 0.3) is 5.91 Å². The van der Waals surface area contributed by atoms with Crippen LogP contribution in [0.3, 0.4) is 0 Å². The van der Waals surface area contributed by atoms with Gasteiger partial charge in [-0.05, 0) is 44.5 Å². The molecule has 1 amide bonds. The van der Waals surface area contributed by atoms with Gasteiger partial charge < -0.3 is 10.2 Å². The van der Waals surface area contributed by atoms with Crippen LogP contribution < -0.4 is 5.32 Å². The summed E-state index contributed by atoms with van der Waals surface area (Å²) in [5.74, 6) is -3.06.